The van der Waals surface area contributed by atoms with Crippen LogP contribution in [0.2, 0.25) is 0 Å². The van der Waals surface area contributed by atoms with Crippen LogP contribution in [0, 0.1) is 5.41 Å². The molecule has 0 spiro atoms. The summed E-state index contributed by atoms with van der Waals surface area (Å²) in [4.78, 5) is 45.9. The van der Waals surface area contributed by atoms with E-state index >= 15 is 0 Å². The van der Waals surface area contributed by atoms with Crippen molar-refractivity contribution in [3.63, 3.8) is 0 Å². The maximum atomic E-state index is 11.6. The smallest absolute Gasteiger partial charge is 0.303 e. The Morgan fingerprint density at radius 2 is 1.59 bits per heavy atom. The van der Waals surface area contributed by atoms with Crippen molar-refractivity contribution in [2.45, 2.75) is 57.5 Å². The highest BCUT2D eigenvalue weighted by molar-refractivity contribution is 8.14. The van der Waals surface area contributed by atoms with Gasteiger partial charge in [0.15, 0.2) is 17.4 Å². The van der Waals surface area contributed by atoms with Gasteiger partial charge in [-0.05, 0) is 0 Å². The Hall–Kier alpha value is -2.34. The Morgan fingerprint density at radius 1 is 1.04 bits per heavy atom. The summed E-state index contributed by atoms with van der Waals surface area (Å²) in [7, 11) is 0. The Balaban J connectivity index is 3.29. The third-order valence-corrected chi connectivity index (χ3v) is 4.20. The van der Waals surface area contributed by atoms with E-state index in [1.165, 1.54) is 13.8 Å². The second-order valence-electron chi connectivity index (χ2n) is 5.70. The van der Waals surface area contributed by atoms with E-state index in [0.29, 0.717) is 0 Å². The van der Waals surface area contributed by atoms with Crippen LogP contribution in [0.25, 0.3) is 0 Å². The van der Waals surface area contributed by atoms with Gasteiger partial charge in [-0.1, -0.05) is 11.8 Å². The summed E-state index contributed by atoms with van der Waals surface area (Å²) < 4.78 is 21.2. The maximum Gasteiger partial charge on any atom is 0.303 e. The SMILES string of the molecule is CC(=O)NC1[C@@H](OC(C)=O)[C@@H](OC(C)=O)C(COC(C)=O)O[C@H]1SC(=N)N. The Morgan fingerprint density at radius 3 is 2.04 bits per heavy atom. The molecule has 0 radical (unpaired) electrons. The number of nitrogens with one attached hydrogen (secondary N) is 2. The molecule has 152 valence electrons. The summed E-state index contributed by atoms with van der Waals surface area (Å²) in [5.41, 5.74) is 4.47. The van der Waals surface area contributed by atoms with Crippen molar-refractivity contribution < 1.29 is 38.1 Å². The number of nitrogens with two attached hydrogens (primary N) is 1. The first-order valence-electron chi connectivity index (χ1n) is 7.92. The van der Waals surface area contributed by atoms with Crippen LogP contribution >= 0.6 is 11.8 Å². The number of amidine groups is 1. The fourth-order valence-corrected chi connectivity index (χ4v) is 3.33. The van der Waals surface area contributed by atoms with Crippen molar-refractivity contribution in [1.29, 1.82) is 5.41 Å². The summed E-state index contributed by atoms with van der Waals surface area (Å²) >= 11 is 0.767. The van der Waals surface area contributed by atoms with Crippen molar-refractivity contribution in [3.8, 4) is 0 Å². The minimum absolute atomic E-state index is 0.299. The van der Waals surface area contributed by atoms with Gasteiger partial charge in [0.1, 0.15) is 24.2 Å². The number of carbonyl (C=O) groups excluding carboxylic acids is 4. The topological polar surface area (TPSA) is 167 Å². The van der Waals surface area contributed by atoms with E-state index in [2.05, 4.69) is 5.32 Å². The van der Waals surface area contributed by atoms with E-state index in [1.807, 2.05) is 0 Å². The van der Waals surface area contributed by atoms with Crippen LogP contribution in [0.5, 0.6) is 0 Å². The highest BCUT2D eigenvalue weighted by atomic mass is 32.2. The number of hydrogen-bond donors (Lipinski definition) is 3. The molecule has 0 aliphatic carbocycles. The van der Waals surface area contributed by atoms with Gasteiger partial charge in [-0.3, -0.25) is 24.6 Å². The highest BCUT2D eigenvalue weighted by Gasteiger charge is 2.51. The summed E-state index contributed by atoms with van der Waals surface area (Å²) in [5, 5.41) is 9.74. The summed E-state index contributed by atoms with van der Waals surface area (Å²) in [6, 6.07) is -0.974. The minimum Gasteiger partial charge on any atom is -0.463 e. The van der Waals surface area contributed by atoms with Gasteiger partial charge < -0.3 is 30.0 Å². The van der Waals surface area contributed by atoms with Gasteiger partial charge in [0, 0.05) is 27.7 Å². The number of rotatable bonds is 6. The first-order chi connectivity index (χ1) is 12.5. The van der Waals surface area contributed by atoms with Crippen LogP contribution in [-0.2, 0) is 38.1 Å². The third kappa shape index (κ3) is 7.43. The second-order valence-corrected chi connectivity index (χ2v) is 6.84. The number of amides is 1. The van der Waals surface area contributed by atoms with Crippen LogP contribution in [-0.4, -0.2) is 65.4 Å². The molecule has 1 aliphatic rings. The largest absolute Gasteiger partial charge is 0.463 e. The molecule has 1 fully saturated rings. The molecular formula is C15H23N3O8S. The molecule has 1 aliphatic heterocycles. The van der Waals surface area contributed by atoms with Gasteiger partial charge in [0.05, 0.1) is 0 Å². The summed E-state index contributed by atoms with van der Waals surface area (Å²) in [6.45, 7) is 4.44. The molecule has 0 aromatic rings. The molecule has 1 amide bonds. The predicted molar refractivity (Wildman–Crippen MR) is 93.5 cm³/mol. The quantitative estimate of drug-likeness (QED) is 0.222. The van der Waals surface area contributed by atoms with Crippen LogP contribution < -0.4 is 11.1 Å². The van der Waals surface area contributed by atoms with E-state index in [0.717, 1.165) is 25.6 Å². The second kappa shape index (κ2) is 10.1. The molecule has 1 rings (SSSR count). The fourth-order valence-electron chi connectivity index (χ4n) is 2.52. The summed E-state index contributed by atoms with van der Waals surface area (Å²) in [5.74, 6) is -2.43. The van der Waals surface area contributed by atoms with Gasteiger partial charge in [-0.2, -0.15) is 0 Å². The van der Waals surface area contributed by atoms with Gasteiger partial charge in [0.25, 0.3) is 0 Å². The molecule has 11 nitrogen and oxygen atoms in total. The van der Waals surface area contributed by atoms with Gasteiger partial charge in [0.2, 0.25) is 5.91 Å². The van der Waals surface area contributed by atoms with Crippen molar-refractivity contribution in [2.75, 3.05) is 6.61 Å². The number of thioether (sulfide) groups is 1. The zero-order valence-electron chi connectivity index (χ0n) is 15.3. The van der Waals surface area contributed by atoms with E-state index in [4.69, 9.17) is 30.1 Å². The van der Waals surface area contributed by atoms with Crippen LogP contribution in [0.1, 0.15) is 27.7 Å². The van der Waals surface area contributed by atoms with Crippen LogP contribution in [0.15, 0.2) is 0 Å². The molecule has 0 saturated carbocycles. The van der Waals surface area contributed by atoms with Crippen molar-refractivity contribution in [2.24, 2.45) is 5.73 Å². The Kier molecular flexibility index (Phi) is 8.50. The monoisotopic (exact) mass is 405 g/mol. The molecule has 2 unspecified atom stereocenters. The van der Waals surface area contributed by atoms with Crippen LogP contribution in [0.3, 0.4) is 0 Å². The minimum atomic E-state index is -1.16. The van der Waals surface area contributed by atoms with Gasteiger partial charge in [-0.15, -0.1) is 0 Å². The average molecular weight is 405 g/mol. The lowest BCUT2D eigenvalue weighted by atomic mass is 9.97. The normalized spacial score (nSPS) is 27.2. The number of ether oxygens (including phenoxy) is 4. The van der Waals surface area contributed by atoms with Gasteiger partial charge >= 0.3 is 17.9 Å². The average Bonchev–Trinajstić information content (AvgIpc) is 2.49. The van der Waals surface area contributed by atoms with Gasteiger partial charge in [-0.25, -0.2) is 0 Å². The molecule has 12 heteroatoms. The molecule has 1 heterocycles. The lowest BCUT2D eigenvalue weighted by molar-refractivity contribution is -0.211. The molecule has 5 atom stereocenters. The fraction of sp³-hybridized carbons (Fsp3) is 0.667. The molecule has 27 heavy (non-hydrogen) atoms. The zero-order chi connectivity index (χ0) is 20.7. The van der Waals surface area contributed by atoms with E-state index < -0.39 is 53.6 Å². The molecule has 0 aromatic heterocycles. The molecular weight excluding hydrogens is 382 g/mol. The maximum absolute atomic E-state index is 11.6. The number of hydrogen-bond acceptors (Lipinski definition) is 10. The summed E-state index contributed by atoms with van der Waals surface area (Å²) in [6.07, 6.45) is -3.32. The lowest BCUT2D eigenvalue weighted by Crippen LogP contribution is -2.65. The highest BCUT2D eigenvalue weighted by Crippen LogP contribution is 2.32. The zero-order valence-corrected chi connectivity index (χ0v) is 16.2. The van der Waals surface area contributed by atoms with E-state index in [1.54, 1.807) is 0 Å². The number of carbonyl (C=O) groups is 4. The predicted octanol–water partition coefficient (Wildman–Crippen LogP) is -0.731. The molecule has 1 saturated heterocycles. The molecule has 0 aromatic carbocycles. The standard InChI is InChI=1S/C15H23N3O8S/c1-6(19)18-11-13(25-9(4)22)12(24-8(3)21)10(5-23-7(2)20)26-14(11)27-15(16)17/h10-14H,5H2,1-4H3,(H3,16,17)(H,18,19)/t10?,11?,12-,13+,14-/m0/s1. The third-order valence-electron chi connectivity index (χ3n) is 3.31. The number of esters is 3. The van der Waals surface area contributed by atoms with Crippen LogP contribution in [0.4, 0.5) is 0 Å². The van der Waals surface area contributed by atoms with Crippen molar-refractivity contribution in [1.82, 2.24) is 5.32 Å². The van der Waals surface area contributed by atoms with E-state index in [9.17, 15) is 19.2 Å². The lowest BCUT2D eigenvalue weighted by Gasteiger charge is -2.44. The molecule has 4 N–H and O–H groups in total. The Bertz CT molecular complexity index is 614. The molecule has 0 bridgehead atoms. The Labute approximate surface area is 160 Å². The van der Waals surface area contributed by atoms with E-state index in [-0.39, 0.29) is 11.8 Å². The van der Waals surface area contributed by atoms with Crippen molar-refractivity contribution >= 4 is 40.7 Å². The first-order valence-corrected chi connectivity index (χ1v) is 8.80. The van der Waals surface area contributed by atoms with Crippen molar-refractivity contribution in [3.05, 3.63) is 0 Å². The first kappa shape index (κ1) is 22.7.